The van der Waals surface area contributed by atoms with Gasteiger partial charge < -0.3 is 5.11 Å². The van der Waals surface area contributed by atoms with Gasteiger partial charge in [0.15, 0.2) is 0 Å². The Morgan fingerprint density at radius 1 is 1.46 bits per heavy atom. The highest BCUT2D eigenvalue weighted by Gasteiger charge is 2.01. The molecule has 0 aliphatic carbocycles. The SMILES string of the molecule is Cc1cc(CN(C)CO)ccc1F. The Bertz CT molecular complexity index is 288. The van der Waals surface area contributed by atoms with Gasteiger partial charge in [-0.1, -0.05) is 12.1 Å². The molecule has 1 rings (SSSR count). The van der Waals surface area contributed by atoms with Crippen molar-refractivity contribution in [1.29, 1.82) is 0 Å². The summed E-state index contributed by atoms with van der Waals surface area (Å²) in [5.74, 6) is -0.185. The summed E-state index contributed by atoms with van der Waals surface area (Å²) < 4.78 is 12.9. The number of nitrogens with zero attached hydrogens (tertiary/aromatic N) is 1. The molecule has 0 aliphatic heterocycles. The van der Waals surface area contributed by atoms with Crippen LogP contribution in [0.5, 0.6) is 0 Å². The van der Waals surface area contributed by atoms with Gasteiger partial charge in [0.1, 0.15) is 5.82 Å². The Hall–Kier alpha value is -0.930. The first-order valence-electron chi connectivity index (χ1n) is 4.18. The first-order valence-corrected chi connectivity index (χ1v) is 4.18. The maximum atomic E-state index is 12.9. The van der Waals surface area contributed by atoms with Gasteiger partial charge in [0.05, 0.1) is 6.73 Å². The molecule has 0 amide bonds. The molecule has 2 nitrogen and oxygen atoms in total. The predicted molar refractivity (Wildman–Crippen MR) is 49.7 cm³/mol. The van der Waals surface area contributed by atoms with E-state index in [0.29, 0.717) is 12.1 Å². The van der Waals surface area contributed by atoms with E-state index in [1.807, 2.05) is 0 Å². The highest BCUT2D eigenvalue weighted by Crippen LogP contribution is 2.10. The zero-order valence-electron chi connectivity index (χ0n) is 7.92. The molecule has 0 bridgehead atoms. The predicted octanol–water partition coefficient (Wildman–Crippen LogP) is 1.52. The van der Waals surface area contributed by atoms with Crippen LogP contribution in [0, 0.1) is 12.7 Å². The topological polar surface area (TPSA) is 23.5 Å². The van der Waals surface area contributed by atoms with Crippen molar-refractivity contribution in [1.82, 2.24) is 4.90 Å². The molecular weight excluding hydrogens is 169 g/mol. The van der Waals surface area contributed by atoms with Gasteiger partial charge in [-0.05, 0) is 31.2 Å². The highest BCUT2D eigenvalue weighted by molar-refractivity contribution is 5.23. The molecule has 0 fully saturated rings. The number of benzene rings is 1. The molecule has 0 radical (unpaired) electrons. The lowest BCUT2D eigenvalue weighted by Crippen LogP contribution is -2.18. The Balaban J connectivity index is 2.73. The summed E-state index contributed by atoms with van der Waals surface area (Å²) in [6.07, 6.45) is 0. The van der Waals surface area contributed by atoms with Crippen LogP contribution in [0.15, 0.2) is 18.2 Å². The first kappa shape index (κ1) is 10.2. The zero-order valence-corrected chi connectivity index (χ0v) is 7.92. The Morgan fingerprint density at radius 2 is 2.15 bits per heavy atom. The van der Waals surface area contributed by atoms with Crippen LogP contribution in [-0.2, 0) is 6.54 Å². The highest BCUT2D eigenvalue weighted by atomic mass is 19.1. The number of aliphatic hydroxyl groups is 1. The number of rotatable bonds is 3. The van der Waals surface area contributed by atoms with Gasteiger partial charge in [0.25, 0.3) is 0 Å². The number of aliphatic hydroxyl groups excluding tert-OH is 1. The molecule has 0 saturated carbocycles. The molecule has 13 heavy (non-hydrogen) atoms. The lowest BCUT2D eigenvalue weighted by atomic mass is 10.1. The fourth-order valence-corrected chi connectivity index (χ4v) is 1.17. The summed E-state index contributed by atoms with van der Waals surface area (Å²) in [7, 11) is 1.80. The van der Waals surface area contributed by atoms with Crippen LogP contribution in [0.3, 0.4) is 0 Å². The molecule has 0 heterocycles. The van der Waals surface area contributed by atoms with Crippen LogP contribution in [-0.4, -0.2) is 23.8 Å². The second-order valence-corrected chi connectivity index (χ2v) is 3.24. The second kappa shape index (κ2) is 4.35. The van der Waals surface area contributed by atoms with Gasteiger partial charge in [-0.2, -0.15) is 0 Å². The van der Waals surface area contributed by atoms with Crippen molar-refractivity contribution >= 4 is 0 Å². The quantitative estimate of drug-likeness (QED) is 0.718. The minimum absolute atomic E-state index is 0.0103. The lowest BCUT2D eigenvalue weighted by Gasteiger charge is -2.13. The molecular formula is C10H14FNO. The fraction of sp³-hybridized carbons (Fsp3) is 0.400. The van der Waals surface area contributed by atoms with Gasteiger partial charge in [-0.15, -0.1) is 0 Å². The molecule has 1 aromatic rings. The number of halogens is 1. The van der Waals surface area contributed by atoms with Crippen molar-refractivity contribution < 1.29 is 9.50 Å². The van der Waals surface area contributed by atoms with Gasteiger partial charge in [-0.25, -0.2) is 4.39 Å². The van der Waals surface area contributed by atoms with E-state index in [0.717, 1.165) is 5.56 Å². The van der Waals surface area contributed by atoms with E-state index in [9.17, 15) is 4.39 Å². The number of aryl methyl sites for hydroxylation is 1. The smallest absolute Gasteiger partial charge is 0.126 e. The third-order valence-electron chi connectivity index (χ3n) is 1.92. The second-order valence-electron chi connectivity index (χ2n) is 3.24. The minimum Gasteiger partial charge on any atom is -0.381 e. The van der Waals surface area contributed by atoms with Crippen molar-refractivity contribution in [2.24, 2.45) is 0 Å². The van der Waals surface area contributed by atoms with Crippen molar-refractivity contribution in [3.05, 3.63) is 35.1 Å². The molecule has 0 aliphatic rings. The van der Waals surface area contributed by atoms with Crippen LogP contribution in [0.25, 0.3) is 0 Å². The van der Waals surface area contributed by atoms with Crippen LogP contribution in [0.1, 0.15) is 11.1 Å². The van der Waals surface area contributed by atoms with Crippen molar-refractivity contribution in [2.45, 2.75) is 13.5 Å². The summed E-state index contributed by atoms with van der Waals surface area (Å²) in [6, 6.07) is 4.98. The Kier molecular flexibility index (Phi) is 3.39. The van der Waals surface area contributed by atoms with Crippen LogP contribution in [0.4, 0.5) is 4.39 Å². The summed E-state index contributed by atoms with van der Waals surface area (Å²) >= 11 is 0. The monoisotopic (exact) mass is 183 g/mol. The first-order chi connectivity index (χ1) is 6.13. The van der Waals surface area contributed by atoms with Crippen LogP contribution < -0.4 is 0 Å². The van der Waals surface area contributed by atoms with E-state index in [4.69, 9.17) is 5.11 Å². The van der Waals surface area contributed by atoms with E-state index >= 15 is 0 Å². The minimum atomic E-state index is -0.185. The van der Waals surface area contributed by atoms with E-state index < -0.39 is 0 Å². The largest absolute Gasteiger partial charge is 0.381 e. The lowest BCUT2D eigenvalue weighted by molar-refractivity contribution is 0.127. The summed E-state index contributed by atoms with van der Waals surface area (Å²) in [4.78, 5) is 1.74. The molecule has 3 heteroatoms. The van der Waals surface area contributed by atoms with E-state index in [2.05, 4.69) is 0 Å². The van der Waals surface area contributed by atoms with Gasteiger partial charge in [-0.3, -0.25) is 4.90 Å². The average molecular weight is 183 g/mol. The van der Waals surface area contributed by atoms with Crippen molar-refractivity contribution in [3.8, 4) is 0 Å². The average Bonchev–Trinajstić information content (AvgIpc) is 2.11. The van der Waals surface area contributed by atoms with E-state index in [1.54, 1.807) is 31.0 Å². The molecule has 1 aromatic carbocycles. The molecule has 1 N–H and O–H groups in total. The number of hydrogen-bond acceptors (Lipinski definition) is 2. The maximum Gasteiger partial charge on any atom is 0.126 e. The van der Waals surface area contributed by atoms with Crippen LogP contribution >= 0.6 is 0 Å². The van der Waals surface area contributed by atoms with Crippen LogP contribution in [0.2, 0.25) is 0 Å². The van der Waals surface area contributed by atoms with Crippen molar-refractivity contribution in [3.63, 3.8) is 0 Å². The molecule has 0 spiro atoms. The Morgan fingerprint density at radius 3 is 2.69 bits per heavy atom. The van der Waals surface area contributed by atoms with Gasteiger partial charge >= 0.3 is 0 Å². The summed E-state index contributed by atoms with van der Waals surface area (Å²) in [5.41, 5.74) is 1.65. The normalized spacial score (nSPS) is 10.8. The van der Waals surface area contributed by atoms with Crippen molar-refractivity contribution in [2.75, 3.05) is 13.8 Å². The van der Waals surface area contributed by atoms with E-state index in [-0.39, 0.29) is 12.5 Å². The third-order valence-corrected chi connectivity index (χ3v) is 1.92. The molecule has 0 saturated heterocycles. The molecule has 0 atom stereocenters. The fourth-order valence-electron chi connectivity index (χ4n) is 1.17. The summed E-state index contributed by atoms with van der Waals surface area (Å²) in [6.45, 7) is 2.38. The third kappa shape index (κ3) is 2.79. The van der Waals surface area contributed by atoms with Gasteiger partial charge in [0.2, 0.25) is 0 Å². The molecule has 0 unspecified atom stereocenters. The Labute approximate surface area is 77.6 Å². The van der Waals surface area contributed by atoms with E-state index in [1.165, 1.54) is 6.07 Å². The molecule has 72 valence electrons. The number of hydrogen-bond donors (Lipinski definition) is 1. The van der Waals surface area contributed by atoms with Gasteiger partial charge in [0, 0.05) is 6.54 Å². The maximum absolute atomic E-state index is 12.9. The standard InChI is InChI=1S/C10H14FNO/c1-8-5-9(3-4-10(8)11)6-12(2)7-13/h3-5,13H,6-7H2,1-2H3. The zero-order chi connectivity index (χ0) is 9.84. The summed E-state index contributed by atoms with van der Waals surface area (Å²) in [5, 5.41) is 8.77. The molecule has 0 aromatic heterocycles.